The fourth-order valence-electron chi connectivity index (χ4n) is 1.46. The van der Waals surface area contributed by atoms with E-state index in [2.05, 4.69) is 17.6 Å². The molecule has 1 aromatic carbocycles. The minimum Gasteiger partial charge on any atom is -0.383 e. The number of hydrogen-bond acceptors (Lipinski definition) is 4. The third-order valence-electron chi connectivity index (χ3n) is 2.28. The van der Waals surface area contributed by atoms with E-state index < -0.39 is 0 Å². The van der Waals surface area contributed by atoms with E-state index in [0.29, 0.717) is 12.2 Å². The highest BCUT2D eigenvalue weighted by atomic mass is 16.6. The van der Waals surface area contributed by atoms with E-state index >= 15 is 0 Å². The van der Waals surface area contributed by atoms with Crippen LogP contribution in [0.25, 0.3) is 0 Å². The molecule has 1 rings (SSSR count). The molecule has 5 nitrogen and oxygen atoms in total. The van der Waals surface area contributed by atoms with Crippen molar-refractivity contribution < 1.29 is 4.92 Å². The second kappa shape index (κ2) is 6.07. The normalized spacial score (nSPS) is 10.1. The largest absolute Gasteiger partial charge is 0.383 e. The number of anilines is 1. The predicted octanol–water partition coefficient (Wildman–Crippen LogP) is 2.14. The second-order valence-corrected chi connectivity index (χ2v) is 3.54. The van der Waals surface area contributed by atoms with Crippen molar-refractivity contribution in [2.75, 3.05) is 18.9 Å². The van der Waals surface area contributed by atoms with Gasteiger partial charge in [-0.15, -0.1) is 0 Å². The lowest BCUT2D eigenvalue weighted by Gasteiger charge is -2.06. The Kier molecular flexibility index (Phi) is 4.72. The first-order valence-corrected chi connectivity index (χ1v) is 5.34. The Bertz CT molecular complexity index is 366. The van der Waals surface area contributed by atoms with E-state index in [-0.39, 0.29) is 10.6 Å². The van der Waals surface area contributed by atoms with E-state index in [1.165, 1.54) is 0 Å². The summed E-state index contributed by atoms with van der Waals surface area (Å²) in [5, 5.41) is 16.8. The average Bonchev–Trinajstić information content (AvgIpc) is 2.29. The van der Waals surface area contributed by atoms with Crippen LogP contribution >= 0.6 is 0 Å². The Balaban J connectivity index is 2.81. The minimum atomic E-state index is -0.366. The maximum Gasteiger partial charge on any atom is 0.292 e. The fraction of sp³-hybridized carbons (Fsp3) is 0.455. The monoisotopic (exact) mass is 223 g/mol. The summed E-state index contributed by atoms with van der Waals surface area (Å²) in [5.41, 5.74) is 1.60. The van der Waals surface area contributed by atoms with Crippen LogP contribution in [0.1, 0.15) is 18.9 Å². The summed E-state index contributed by atoms with van der Waals surface area (Å²) in [7, 11) is 1.68. The van der Waals surface area contributed by atoms with Crippen molar-refractivity contribution in [2.24, 2.45) is 0 Å². The van der Waals surface area contributed by atoms with Gasteiger partial charge in [0.25, 0.3) is 5.69 Å². The summed E-state index contributed by atoms with van der Waals surface area (Å²) >= 11 is 0. The van der Waals surface area contributed by atoms with Crippen LogP contribution < -0.4 is 10.6 Å². The summed E-state index contributed by atoms with van der Waals surface area (Å²) in [6.45, 7) is 3.67. The molecule has 0 aliphatic carbocycles. The van der Waals surface area contributed by atoms with Crippen molar-refractivity contribution in [3.63, 3.8) is 0 Å². The molecule has 88 valence electrons. The van der Waals surface area contributed by atoms with Gasteiger partial charge < -0.3 is 10.6 Å². The highest BCUT2D eigenvalue weighted by molar-refractivity contribution is 5.62. The van der Waals surface area contributed by atoms with Gasteiger partial charge in [-0.2, -0.15) is 0 Å². The summed E-state index contributed by atoms with van der Waals surface area (Å²) in [4.78, 5) is 10.4. The topological polar surface area (TPSA) is 67.2 Å². The average molecular weight is 223 g/mol. The third kappa shape index (κ3) is 3.20. The Labute approximate surface area is 95.0 Å². The molecule has 5 heteroatoms. The summed E-state index contributed by atoms with van der Waals surface area (Å²) in [5.74, 6) is 0. The van der Waals surface area contributed by atoms with Gasteiger partial charge in [0.2, 0.25) is 0 Å². The highest BCUT2D eigenvalue weighted by Crippen LogP contribution is 2.24. The number of nitro benzene ring substituents is 1. The molecule has 0 saturated heterocycles. The van der Waals surface area contributed by atoms with Crippen molar-refractivity contribution in [3.05, 3.63) is 33.9 Å². The Morgan fingerprint density at radius 2 is 2.19 bits per heavy atom. The van der Waals surface area contributed by atoms with Crippen molar-refractivity contribution in [1.29, 1.82) is 0 Å². The molecular formula is C11H17N3O2. The van der Waals surface area contributed by atoms with Crippen LogP contribution in [0.3, 0.4) is 0 Å². The number of benzene rings is 1. The fourth-order valence-corrected chi connectivity index (χ4v) is 1.46. The van der Waals surface area contributed by atoms with E-state index in [1.54, 1.807) is 19.2 Å². The van der Waals surface area contributed by atoms with Gasteiger partial charge in [0.1, 0.15) is 5.69 Å². The summed E-state index contributed by atoms with van der Waals surface area (Å²) in [6, 6.07) is 5.23. The quantitative estimate of drug-likeness (QED) is 0.440. The lowest BCUT2D eigenvalue weighted by atomic mass is 10.1. The van der Waals surface area contributed by atoms with Gasteiger partial charge in [0.15, 0.2) is 0 Å². The van der Waals surface area contributed by atoms with Crippen LogP contribution in [-0.2, 0) is 6.54 Å². The lowest BCUT2D eigenvalue weighted by Crippen LogP contribution is -2.14. The van der Waals surface area contributed by atoms with E-state index in [4.69, 9.17) is 0 Å². The molecule has 0 atom stereocenters. The van der Waals surface area contributed by atoms with Crippen molar-refractivity contribution in [3.8, 4) is 0 Å². The maximum atomic E-state index is 10.8. The molecule has 0 heterocycles. The smallest absolute Gasteiger partial charge is 0.292 e. The molecule has 16 heavy (non-hydrogen) atoms. The molecule has 0 saturated carbocycles. The third-order valence-corrected chi connectivity index (χ3v) is 2.28. The standard InChI is InChI=1S/C11H17N3O2/c1-3-6-13-8-9-4-5-10(12-2)11(7-9)14(15)16/h4-5,7,12-13H,3,6,8H2,1-2H3. The SMILES string of the molecule is CCCNCc1ccc(NC)c([N+](=O)[O-])c1. The highest BCUT2D eigenvalue weighted by Gasteiger charge is 2.12. The number of nitrogens with one attached hydrogen (secondary N) is 2. The minimum absolute atomic E-state index is 0.123. The van der Waals surface area contributed by atoms with Gasteiger partial charge >= 0.3 is 0 Å². The molecule has 0 radical (unpaired) electrons. The van der Waals surface area contributed by atoms with Gasteiger partial charge in [0.05, 0.1) is 4.92 Å². The van der Waals surface area contributed by atoms with E-state index in [0.717, 1.165) is 18.5 Å². The zero-order valence-corrected chi connectivity index (χ0v) is 9.62. The molecule has 0 spiro atoms. The van der Waals surface area contributed by atoms with Gasteiger partial charge in [-0.25, -0.2) is 0 Å². The maximum absolute atomic E-state index is 10.8. The summed E-state index contributed by atoms with van der Waals surface area (Å²) in [6.07, 6.45) is 1.05. The second-order valence-electron chi connectivity index (χ2n) is 3.54. The van der Waals surface area contributed by atoms with E-state index in [1.807, 2.05) is 6.07 Å². The molecule has 1 aromatic rings. The van der Waals surface area contributed by atoms with Crippen molar-refractivity contribution in [1.82, 2.24) is 5.32 Å². The number of nitrogens with zero attached hydrogens (tertiary/aromatic N) is 1. The van der Waals surface area contributed by atoms with Crippen LogP contribution in [0.4, 0.5) is 11.4 Å². The molecule has 0 fully saturated rings. The van der Waals surface area contributed by atoms with Gasteiger partial charge in [0, 0.05) is 19.7 Å². The first-order chi connectivity index (χ1) is 7.69. The molecule has 0 aliphatic heterocycles. The van der Waals surface area contributed by atoms with Crippen LogP contribution in [-0.4, -0.2) is 18.5 Å². The Hall–Kier alpha value is -1.62. The first-order valence-electron chi connectivity index (χ1n) is 5.34. The van der Waals surface area contributed by atoms with Crippen LogP contribution in [0, 0.1) is 10.1 Å². The zero-order chi connectivity index (χ0) is 12.0. The van der Waals surface area contributed by atoms with Gasteiger partial charge in [-0.1, -0.05) is 13.0 Å². The van der Waals surface area contributed by atoms with Crippen molar-refractivity contribution >= 4 is 11.4 Å². The molecular weight excluding hydrogens is 206 g/mol. The number of rotatable bonds is 6. The molecule has 2 N–H and O–H groups in total. The predicted molar refractivity (Wildman–Crippen MR) is 64.6 cm³/mol. The molecule has 0 bridgehead atoms. The summed E-state index contributed by atoms with van der Waals surface area (Å²) < 4.78 is 0. The Morgan fingerprint density at radius 3 is 2.75 bits per heavy atom. The van der Waals surface area contributed by atoms with Gasteiger partial charge in [-0.3, -0.25) is 10.1 Å². The molecule has 0 unspecified atom stereocenters. The van der Waals surface area contributed by atoms with Crippen molar-refractivity contribution in [2.45, 2.75) is 19.9 Å². The van der Waals surface area contributed by atoms with Crippen LogP contribution in [0.2, 0.25) is 0 Å². The molecule has 0 aromatic heterocycles. The number of hydrogen-bond donors (Lipinski definition) is 2. The molecule has 0 aliphatic rings. The first kappa shape index (κ1) is 12.4. The Morgan fingerprint density at radius 1 is 1.44 bits per heavy atom. The number of nitro groups is 1. The zero-order valence-electron chi connectivity index (χ0n) is 9.62. The van der Waals surface area contributed by atoms with Crippen LogP contribution in [0.15, 0.2) is 18.2 Å². The lowest BCUT2D eigenvalue weighted by molar-refractivity contribution is -0.384. The van der Waals surface area contributed by atoms with Crippen LogP contribution in [0.5, 0.6) is 0 Å². The van der Waals surface area contributed by atoms with Gasteiger partial charge in [-0.05, 0) is 24.6 Å². The van der Waals surface area contributed by atoms with E-state index in [9.17, 15) is 10.1 Å². The molecule has 0 amide bonds.